The Hall–Kier alpha value is -3.40. The van der Waals surface area contributed by atoms with Gasteiger partial charge in [0.2, 0.25) is 0 Å². The molecule has 0 saturated carbocycles. The van der Waals surface area contributed by atoms with Crippen molar-refractivity contribution < 1.29 is 18.3 Å². The molecule has 2 nitrogen and oxygen atoms in total. The molecule has 0 radical (unpaired) electrons. The highest BCUT2D eigenvalue weighted by molar-refractivity contribution is 5.72. The molecule has 4 heteroatoms. The van der Waals surface area contributed by atoms with Crippen LogP contribution in [0.4, 0.5) is 8.78 Å². The van der Waals surface area contributed by atoms with Crippen LogP contribution in [0.15, 0.2) is 86.0 Å². The highest BCUT2D eigenvalue weighted by Crippen LogP contribution is 2.32. The van der Waals surface area contributed by atoms with Crippen LogP contribution in [0.3, 0.4) is 0 Å². The first kappa shape index (κ1) is 19.4. The van der Waals surface area contributed by atoms with Crippen LogP contribution >= 0.6 is 0 Å². The van der Waals surface area contributed by atoms with E-state index in [0.29, 0.717) is 35.8 Å². The average Bonchev–Trinajstić information content (AvgIpc) is 2.73. The van der Waals surface area contributed by atoms with Crippen molar-refractivity contribution in [2.75, 3.05) is 13.2 Å². The van der Waals surface area contributed by atoms with Crippen molar-refractivity contribution in [3.63, 3.8) is 0 Å². The van der Waals surface area contributed by atoms with Crippen LogP contribution in [-0.4, -0.2) is 13.2 Å². The molecule has 0 saturated heterocycles. The summed E-state index contributed by atoms with van der Waals surface area (Å²) in [7, 11) is 0. The zero-order valence-corrected chi connectivity index (χ0v) is 15.3. The molecular formula is C24H20F2O2. The minimum Gasteiger partial charge on any atom is -0.490 e. The Morgan fingerprint density at radius 3 is 1.29 bits per heavy atom. The van der Waals surface area contributed by atoms with Gasteiger partial charge in [-0.05, 0) is 35.4 Å². The van der Waals surface area contributed by atoms with E-state index in [2.05, 4.69) is 13.2 Å². The van der Waals surface area contributed by atoms with E-state index in [9.17, 15) is 8.78 Å². The first-order chi connectivity index (χ1) is 13.6. The van der Waals surface area contributed by atoms with Crippen molar-refractivity contribution in [2.45, 2.75) is 0 Å². The molecular weight excluding hydrogens is 358 g/mol. The van der Waals surface area contributed by atoms with Crippen LogP contribution in [0.5, 0.6) is 11.5 Å². The van der Waals surface area contributed by atoms with Crippen molar-refractivity contribution in [1.29, 1.82) is 0 Å². The summed E-state index contributed by atoms with van der Waals surface area (Å²) in [6, 6.07) is 16.8. The molecule has 3 rings (SSSR count). The molecule has 3 aromatic carbocycles. The first-order valence-corrected chi connectivity index (χ1v) is 8.80. The predicted octanol–water partition coefficient (Wildman–Crippen LogP) is 6.43. The lowest BCUT2D eigenvalue weighted by molar-refractivity contribution is 0.363. The van der Waals surface area contributed by atoms with E-state index < -0.39 is 11.6 Å². The Balaban J connectivity index is 1.86. The molecule has 0 atom stereocenters. The highest BCUT2D eigenvalue weighted by Gasteiger charge is 2.16. The van der Waals surface area contributed by atoms with Gasteiger partial charge in [0.15, 0.2) is 11.6 Å². The summed E-state index contributed by atoms with van der Waals surface area (Å²) in [6.45, 7) is 7.94. The zero-order valence-electron chi connectivity index (χ0n) is 15.3. The van der Waals surface area contributed by atoms with Gasteiger partial charge in [-0.25, -0.2) is 8.78 Å². The lowest BCUT2D eigenvalue weighted by Gasteiger charge is -2.11. The zero-order chi connectivity index (χ0) is 19.9. The van der Waals surface area contributed by atoms with Crippen molar-refractivity contribution in [2.24, 2.45) is 0 Å². The van der Waals surface area contributed by atoms with Gasteiger partial charge in [0.05, 0.1) is 0 Å². The summed E-state index contributed by atoms with van der Waals surface area (Å²) in [5.74, 6) is -0.492. The third-order valence-electron chi connectivity index (χ3n) is 4.15. The lowest BCUT2D eigenvalue weighted by Crippen LogP contribution is -1.96. The Morgan fingerprint density at radius 1 is 0.607 bits per heavy atom. The van der Waals surface area contributed by atoms with E-state index >= 15 is 0 Å². The third-order valence-corrected chi connectivity index (χ3v) is 4.15. The van der Waals surface area contributed by atoms with Crippen LogP contribution in [-0.2, 0) is 0 Å². The van der Waals surface area contributed by atoms with Crippen molar-refractivity contribution in [3.8, 4) is 33.8 Å². The normalized spacial score (nSPS) is 10.4. The quantitative estimate of drug-likeness (QED) is 0.421. The van der Waals surface area contributed by atoms with Crippen molar-refractivity contribution >= 4 is 0 Å². The second-order valence-corrected chi connectivity index (χ2v) is 6.04. The molecule has 0 spiro atoms. The topological polar surface area (TPSA) is 18.5 Å². The van der Waals surface area contributed by atoms with Gasteiger partial charge in [-0.3, -0.25) is 0 Å². The third kappa shape index (κ3) is 4.29. The maximum Gasteiger partial charge on any atom is 0.167 e. The minimum atomic E-state index is -0.885. The molecule has 0 bridgehead atoms. The summed E-state index contributed by atoms with van der Waals surface area (Å²) in [5, 5.41) is 0. The van der Waals surface area contributed by atoms with Gasteiger partial charge in [0.25, 0.3) is 0 Å². The maximum absolute atomic E-state index is 14.7. The standard InChI is InChI=1S/C24H20F2O2/c1-3-15-27-19-9-5-17(6-10-19)21-13-14-22(24(26)23(21)25)18-7-11-20(12-8-18)28-16-4-2/h3-14H,1-2,15-16H2. The van der Waals surface area contributed by atoms with E-state index in [4.69, 9.17) is 9.47 Å². The summed E-state index contributed by atoms with van der Waals surface area (Å²) in [4.78, 5) is 0. The van der Waals surface area contributed by atoms with E-state index in [0.717, 1.165) is 0 Å². The summed E-state index contributed by atoms with van der Waals surface area (Å²) < 4.78 is 40.3. The molecule has 0 aliphatic rings. The Bertz CT molecular complexity index is 881. The van der Waals surface area contributed by atoms with Crippen LogP contribution in [0.1, 0.15) is 0 Å². The van der Waals surface area contributed by atoms with E-state index in [1.54, 1.807) is 72.8 Å². The first-order valence-electron chi connectivity index (χ1n) is 8.80. The molecule has 142 valence electrons. The molecule has 0 amide bonds. The second kappa shape index (κ2) is 9.00. The predicted molar refractivity (Wildman–Crippen MR) is 109 cm³/mol. The fourth-order valence-electron chi connectivity index (χ4n) is 2.77. The summed E-state index contributed by atoms with van der Waals surface area (Å²) >= 11 is 0. The maximum atomic E-state index is 14.7. The number of ether oxygens (including phenoxy) is 2. The van der Waals surface area contributed by atoms with Crippen LogP contribution in [0.25, 0.3) is 22.3 Å². The number of benzene rings is 3. The molecule has 0 heterocycles. The summed E-state index contributed by atoms with van der Waals surface area (Å²) in [6.07, 6.45) is 3.28. The highest BCUT2D eigenvalue weighted by atomic mass is 19.2. The van der Waals surface area contributed by atoms with Gasteiger partial charge >= 0.3 is 0 Å². The van der Waals surface area contributed by atoms with Gasteiger partial charge in [-0.1, -0.05) is 61.7 Å². The number of rotatable bonds is 8. The molecule has 28 heavy (non-hydrogen) atoms. The largest absolute Gasteiger partial charge is 0.490 e. The van der Waals surface area contributed by atoms with Gasteiger partial charge < -0.3 is 9.47 Å². The SMILES string of the molecule is C=CCOc1ccc(-c2ccc(-c3ccc(OCC=C)cc3)c(F)c2F)cc1. The van der Waals surface area contributed by atoms with Crippen LogP contribution in [0, 0.1) is 11.6 Å². The molecule has 3 aromatic rings. The fraction of sp³-hybridized carbons (Fsp3) is 0.0833. The van der Waals surface area contributed by atoms with Crippen LogP contribution < -0.4 is 9.47 Å². The monoisotopic (exact) mass is 378 g/mol. The van der Waals surface area contributed by atoms with E-state index in [1.807, 2.05) is 0 Å². The fourth-order valence-corrected chi connectivity index (χ4v) is 2.77. The van der Waals surface area contributed by atoms with Gasteiger partial charge in [-0.15, -0.1) is 0 Å². The minimum absolute atomic E-state index is 0.197. The number of hydrogen-bond donors (Lipinski definition) is 0. The van der Waals surface area contributed by atoms with Gasteiger partial charge in [-0.2, -0.15) is 0 Å². The number of hydrogen-bond acceptors (Lipinski definition) is 2. The molecule has 0 aliphatic heterocycles. The molecule has 0 N–H and O–H groups in total. The Morgan fingerprint density at radius 2 is 0.964 bits per heavy atom. The van der Waals surface area contributed by atoms with Gasteiger partial charge in [0, 0.05) is 11.1 Å². The average molecular weight is 378 g/mol. The molecule has 0 fully saturated rings. The van der Waals surface area contributed by atoms with Gasteiger partial charge in [0.1, 0.15) is 24.7 Å². The number of halogens is 2. The van der Waals surface area contributed by atoms with E-state index in [1.165, 1.54) is 0 Å². The van der Waals surface area contributed by atoms with Crippen molar-refractivity contribution in [1.82, 2.24) is 0 Å². The lowest BCUT2D eigenvalue weighted by atomic mass is 9.98. The molecule has 0 unspecified atom stereocenters. The Kier molecular flexibility index (Phi) is 6.22. The molecule has 0 aliphatic carbocycles. The Labute approximate surface area is 163 Å². The van der Waals surface area contributed by atoms with Crippen molar-refractivity contribution in [3.05, 3.63) is 97.6 Å². The smallest absolute Gasteiger partial charge is 0.167 e. The molecule has 0 aromatic heterocycles. The summed E-state index contributed by atoms with van der Waals surface area (Å²) in [5.41, 5.74) is 1.54. The van der Waals surface area contributed by atoms with Crippen LogP contribution in [0.2, 0.25) is 0 Å². The second-order valence-electron chi connectivity index (χ2n) is 6.04. The van der Waals surface area contributed by atoms with E-state index in [-0.39, 0.29) is 11.1 Å².